The Labute approximate surface area is 73.9 Å². The van der Waals surface area contributed by atoms with Crippen molar-refractivity contribution < 1.29 is 41.7 Å². The van der Waals surface area contributed by atoms with Crippen molar-refractivity contribution in [3.8, 4) is 0 Å². The zero-order chi connectivity index (χ0) is 11.8. The number of halogens is 5. The molecule has 4 nitrogen and oxygen atoms in total. The van der Waals surface area contributed by atoms with Crippen molar-refractivity contribution >= 4 is 5.97 Å². The van der Waals surface area contributed by atoms with Gasteiger partial charge in [-0.25, -0.2) is 4.79 Å². The highest BCUT2D eigenvalue weighted by Gasteiger charge is 2.74. The first-order valence-electron chi connectivity index (χ1n) is 2.96. The Hall–Kier alpha value is -0.960. The zero-order valence-electron chi connectivity index (χ0n) is 6.60. The molecule has 0 spiro atoms. The maximum Gasteiger partial charge on any atom is 0.459 e. The minimum absolute atomic E-state index is 0.427. The molecule has 0 aliphatic heterocycles. The summed E-state index contributed by atoms with van der Waals surface area (Å²) in [5, 5.41) is 16.5. The van der Waals surface area contributed by atoms with Gasteiger partial charge in [0.25, 0.3) is 0 Å². The van der Waals surface area contributed by atoms with Crippen LogP contribution in [0, 0.1) is 0 Å². The molecule has 0 atom stereocenters. The fourth-order valence-electron chi connectivity index (χ4n) is 0.468. The van der Waals surface area contributed by atoms with Crippen molar-refractivity contribution in [3.63, 3.8) is 0 Å². The molecular weight excluding hydrogens is 219 g/mol. The van der Waals surface area contributed by atoms with Crippen LogP contribution in [0.3, 0.4) is 0 Å². The van der Waals surface area contributed by atoms with Crippen molar-refractivity contribution in [2.75, 3.05) is 7.11 Å². The Balaban J connectivity index is 5.18. The summed E-state index contributed by atoms with van der Waals surface area (Å²) < 4.78 is 62.5. The highest BCUT2D eigenvalue weighted by atomic mass is 19.4. The molecule has 0 rings (SSSR count). The van der Waals surface area contributed by atoms with Crippen molar-refractivity contribution in [1.29, 1.82) is 0 Å². The Morgan fingerprint density at radius 2 is 1.50 bits per heavy atom. The predicted molar refractivity (Wildman–Crippen MR) is 30.2 cm³/mol. The first kappa shape index (κ1) is 13.0. The van der Waals surface area contributed by atoms with Crippen LogP contribution in [0.2, 0.25) is 0 Å². The average molecular weight is 224 g/mol. The average Bonchev–Trinajstić information content (AvgIpc) is 2.00. The number of hydrogen-bond donors (Lipinski definition) is 2. The quantitative estimate of drug-likeness (QED) is 0.394. The predicted octanol–water partition coefficient (Wildman–Crippen LogP) is 0.0379. The molecule has 0 aromatic rings. The van der Waals surface area contributed by atoms with E-state index in [1.165, 1.54) is 0 Å². The van der Waals surface area contributed by atoms with Crippen LogP contribution in [-0.4, -0.2) is 41.2 Å². The molecule has 0 aromatic carbocycles. The van der Waals surface area contributed by atoms with E-state index in [2.05, 4.69) is 4.74 Å². The maximum absolute atomic E-state index is 12.2. The van der Waals surface area contributed by atoms with E-state index in [0.29, 0.717) is 7.11 Å². The molecule has 0 aliphatic carbocycles. The number of ether oxygens (including phenoxy) is 1. The smallest absolute Gasteiger partial charge is 0.459 e. The highest BCUT2D eigenvalue weighted by molar-refractivity contribution is 5.78. The topological polar surface area (TPSA) is 66.8 Å². The van der Waals surface area contributed by atoms with Gasteiger partial charge in [0, 0.05) is 0 Å². The van der Waals surface area contributed by atoms with Gasteiger partial charge in [0.15, 0.2) is 0 Å². The van der Waals surface area contributed by atoms with Gasteiger partial charge in [-0.05, 0) is 0 Å². The van der Waals surface area contributed by atoms with Crippen LogP contribution >= 0.6 is 0 Å². The number of carbonyl (C=O) groups is 1. The van der Waals surface area contributed by atoms with E-state index in [0.717, 1.165) is 0 Å². The lowest BCUT2D eigenvalue weighted by molar-refractivity contribution is -0.383. The number of rotatable bonds is 2. The normalized spacial score (nSPS) is 14.0. The standard InChI is InChI=1S/C5H5F5O4/c1-14-2(11)3(12,13)4(6,7)5(8,9)10/h12-13H,1H3. The van der Waals surface area contributed by atoms with Crippen molar-refractivity contribution in [2.24, 2.45) is 0 Å². The van der Waals surface area contributed by atoms with E-state index < -0.39 is 23.9 Å². The minimum atomic E-state index is -6.27. The monoisotopic (exact) mass is 224 g/mol. The summed E-state index contributed by atoms with van der Waals surface area (Å²) in [6, 6.07) is 0. The molecule has 0 amide bonds. The van der Waals surface area contributed by atoms with Crippen molar-refractivity contribution in [2.45, 2.75) is 17.9 Å². The van der Waals surface area contributed by atoms with Crippen molar-refractivity contribution in [1.82, 2.24) is 0 Å². The third-order valence-electron chi connectivity index (χ3n) is 1.26. The SMILES string of the molecule is COC(=O)C(O)(O)C(F)(F)C(F)(F)F. The fourth-order valence-corrected chi connectivity index (χ4v) is 0.468. The number of methoxy groups -OCH3 is 1. The lowest BCUT2D eigenvalue weighted by atomic mass is 10.1. The summed E-state index contributed by atoms with van der Waals surface area (Å²) in [4.78, 5) is 10.2. The third kappa shape index (κ3) is 1.77. The summed E-state index contributed by atoms with van der Waals surface area (Å²) in [5.41, 5.74) is 0. The molecule has 0 aromatic heterocycles. The van der Waals surface area contributed by atoms with Gasteiger partial charge in [-0.2, -0.15) is 22.0 Å². The fraction of sp³-hybridized carbons (Fsp3) is 0.800. The number of esters is 1. The molecule has 0 unspecified atom stereocenters. The highest BCUT2D eigenvalue weighted by Crippen LogP contribution is 2.42. The molecular formula is C5H5F5O4. The van der Waals surface area contributed by atoms with Crippen molar-refractivity contribution in [3.05, 3.63) is 0 Å². The largest absolute Gasteiger partial charge is 0.465 e. The van der Waals surface area contributed by atoms with Crippen LogP contribution in [0.25, 0.3) is 0 Å². The van der Waals surface area contributed by atoms with Crippen LogP contribution in [-0.2, 0) is 9.53 Å². The second-order valence-corrected chi connectivity index (χ2v) is 2.24. The van der Waals surface area contributed by atoms with Crippen LogP contribution in [0.5, 0.6) is 0 Å². The summed E-state index contributed by atoms with van der Waals surface area (Å²) in [6.07, 6.45) is -6.27. The van der Waals surface area contributed by atoms with Gasteiger partial charge < -0.3 is 14.9 Å². The molecule has 2 N–H and O–H groups in total. The molecule has 0 bridgehead atoms. The van der Waals surface area contributed by atoms with E-state index in [4.69, 9.17) is 10.2 Å². The van der Waals surface area contributed by atoms with Gasteiger partial charge in [0.1, 0.15) is 0 Å². The summed E-state index contributed by atoms with van der Waals surface area (Å²) in [5.74, 6) is -13.4. The van der Waals surface area contributed by atoms with Crippen LogP contribution in [0.15, 0.2) is 0 Å². The molecule has 0 aliphatic rings. The minimum Gasteiger partial charge on any atom is -0.465 e. The Kier molecular flexibility index (Phi) is 3.09. The second kappa shape index (κ2) is 3.31. The van der Waals surface area contributed by atoms with E-state index in [1.807, 2.05) is 0 Å². The molecule has 9 heteroatoms. The van der Waals surface area contributed by atoms with E-state index in [9.17, 15) is 26.7 Å². The third-order valence-corrected chi connectivity index (χ3v) is 1.26. The zero-order valence-corrected chi connectivity index (χ0v) is 6.60. The number of carbonyl (C=O) groups excluding carboxylic acids is 1. The number of hydrogen-bond acceptors (Lipinski definition) is 4. The van der Waals surface area contributed by atoms with E-state index in [-0.39, 0.29) is 0 Å². The lowest BCUT2D eigenvalue weighted by Gasteiger charge is -2.29. The van der Waals surface area contributed by atoms with Crippen LogP contribution in [0.1, 0.15) is 0 Å². The van der Waals surface area contributed by atoms with Gasteiger partial charge in [0.2, 0.25) is 0 Å². The van der Waals surface area contributed by atoms with E-state index in [1.54, 1.807) is 0 Å². The lowest BCUT2D eigenvalue weighted by Crippen LogP contribution is -2.62. The molecule has 14 heavy (non-hydrogen) atoms. The Morgan fingerprint density at radius 3 is 1.71 bits per heavy atom. The molecule has 84 valence electrons. The van der Waals surface area contributed by atoms with Gasteiger partial charge in [-0.3, -0.25) is 0 Å². The molecule has 0 saturated heterocycles. The first-order chi connectivity index (χ1) is 5.98. The Morgan fingerprint density at radius 1 is 1.14 bits per heavy atom. The number of aliphatic hydroxyl groups is 2. The van der Waals surface area contributed by atoms with E-state index >= 15 is 0 Å². The molecule has 0 saturated carbocycles. The molecule has 0 heterocycles. The first-order valence-corrected chi connectivity index (χ1v) is 2.96. The van der Waals surface area contributed by atoms with Crippen LogP contribution in [0.4, 0.5) is 22.0 Å². The summed E-state index contributed by atoms with van der Waals surface area (Å²) in [7, 11) is 0.427. The summed E-state index contributed by atoms with van der Waals surface area (Å²) >= 11 is 0. The van der Waals surface area contributed by atoms with Gasteiger partial charge in [-0.15, -0.1) is 0 Å². The maximum atomic E-state index is 12.2. The van der Waals surface area contributed by atoms with Gasteiger partial charge >= 0.3 is 23.9 Å². The number of alkyl halides is 5. The summed E-state index contributed by atoms with van der Waals surface area (Å²) in [6.45, 7) is 0. The van der Waals surface area contributed by atoms with Gasteiger partial charge in [0.05, 0.1) is 7.11 Å². The second-order valence-electron chi connectivity index (χ2n) is 2.24. The molecule has 0 radical (unpaired) electrons. The van der Waals surface area contributed by atoms with Gasteiger partial charge in [-0.1, -0.05) is 0 Å². The Bertz CT molecular complexity index is 233. The van der Waals surface area contributed by atoms with Crippen LogP contribution < -0.4 is 0 Å². The molecule has 0 fully saturated rings.